The van der Waals surface area contributed by atoms with Gasteiger partial charge in [0.2, 0.25) is 5.95 Å². The third kappa shape index (κ3) is 4.59. The van der Waals surface area contributed by atoms with Crippen molar-refractivity contribution in [3.05, 3.63) is 59.7 Å². The maximum absolute atomic E-state index is 12.9. The van der Waals surface area contributed by atoms with E-state index in [1.54, 1.807) is 24.3 Å². The molecule has 152 valence electrons. The summed E-state index contributed by atoms with van der Waals surface area (Å²) < 4.78 is 22.8. The van der Waals surface area contributed by atoms with Gasteiger partial charge < -0.3 is 14.8 Å². The Hall–Kier alpha value is -2.87. The van der Waals surface area contributed by atoms with Crippen LogP contribution in [0.25, 0.3) is 11.0 Å². The minimum Gasteiger partial charge on any atom is -0.341 e. The van der Waals surface area contributed by atoms with Gasteiger partial charge in [-0.25, -0.2) is 13.4 Å². The van der Waals surface area contributed by atoms with Crippen LogP contribution < -0.4 is 4.90 Å². The SMILES string of the molecule is CS(=O)(=O)Cc1ccc(C(=O)N2CCCN(c3nc4ccccc4[nH]3)CC2)cc1. The first-order valence-corrected chi connectivity index (χ1v) is 11.7. The highest BCUT2D eigenvalue weighted by atomic mass is 32.2. The number of fused-ring (bicyclic) bond motifs is 1. The number of H-pyrrole nitrogens is 1. The molecule has 4 rings (SSSR count). The summed E-state index contributed by atoms with van der Waals surface area (Å²) in [6.45, 7) is 2.83. The van der Waals surface area contributed by atoms with Gasteiger partial charge in [0.1, 0.15) is 0 Å². The van der Waals surface area contributed by atoms with E-state index in [0.29, 0.717) is 30.8 Å². The number of carbonyl (C=O) groups excluding carboxylic acids is 1. The predicted molar refractivity (Wildman–Crippen MR) is 114 cm³/mol. The number of carbonyl (C=O) groups is 1. The van der Waals surface area contributed by atoms with Gasteiger partial charge in [-0.15, -0.1) is 0 Å². The van der Waals surface area contributed by atoms with E-state index in [9.17, 15) is 13.2 Å². The van der Waals surface area contributed by atoms with E-state index in [1.165, 1.54) is 6.26 Å². The standard InChI is InChI=1S/C21H24N4O3S/c1-29(27,28)15-16-7-9-17(10-8-16)20(26)24-11-4-12-25(14-13-24)21-22-18-5-2-3-6-19(18)23-21/h2-3,5-10H,4,11-15H2,1H3,(H,22,23). The normalized spacial score (nSPS) is 15.5. The lowest BCUT2D eigenvalue weighted by Crippen LogP contribution is -2.35. The van der Waals surface area contributed by atoms with Gasteiger partial charge in [0.25, 0.3) is 5.91 Å². The molecule has 2 aromatic carbocycles. The fraction of sp³-hybridized carbons (Fsp3) is 0.333. The van der Waals surface area contributed by atoms with Crippen LogP contribution in [0.15, 0.2) is 48.5 Å². The number of anilines is 1. The van der Waals surface area contributed by atoms with Crippen LogP contribution in [0, 0.1) is 0 Å². The molecule has 1 amide bonds. The maximum atomic E-state index is 12.9. The summed E-state index contributed by atoms with van der Waals surface area (Å²) in [4.78, 5) is 25.0. The molecule has 0 saturated carbocycles. The Morgan fingerprint density at radius 2 is 1.79 bits per heavy atom. The zero-order chi connectivity index (χ0) is 20.4. The van der Waals surface area contributed by atoms with Crippen LogP contribution in [0.5, 0.6) is 0 Å². The monoisotopic (exact) mass is 412 g/mol. The molecule has 1 fully saturated rings. The first-order chi connectivity index (χ1) is 13.9. The Labute approximate surface area is 170 Å². The molecule has 1 aliphatic heterocycles. The summed E-state index contributed by atoms with van der Waals surface area (Å²) in [5.41, 5.74) is 3.22. The summed E-state index contributed by atoms with van der Waals surface area (Å²) in [5, 5.41) is 0. The van der Waals surface area contributed by atoms with Crippen molar-refractivity contribution >= 4 is 32.7 Å². The molecule has 0 aliphatic carbocycles. The highest BCUT2D eigenvalue weighted by molar-refractivity contribution is 7.89. The number of aromatic amines is 1. The lowest BCUT2D eigenvalue weighted by atomic mass is 10.1. The summed E-state index contributed by atoms with van der Waals surface area (Å²) in [6, 6.07) is 14.8. The molecule has 8 heteroatoms. The van der Waals surface area contributed by atoms with Crippen molar-refractivity contribution in [2.45, 2.75) is 12.2 Å². The number of benzene rings is 2. The van der Waals surface area contributed by atoms with Crippen LogP contribution >= 0.6 is 0 Å². The molecule has 2 heterocycles. The van der Waals surface area contributed by atoms with Crippen molar-refractivity contribution in [2.24, 2.45) is 0 Å². The Morgan fingerprint density at radius 3 is 2.52 bits per heavy atom. The number of aromatic nitrogens is 2. The maximum Gasteiger partial charge on any atom is 0.253 e. The van der Waals surface area contributed by atoms with Gasteiger partial charge in [0, 0.05) is 38.0 Å². The Morgan fingerprint density at radius 1 is 1.03 bits per heavy atom. The molecular weight excluding hydrogens is 388 g/mol. The quantitative estimate of drug-likeness (QED) is 0.711. The second-order valence-electron chi connectivity index (χ2n) is 7.48. The summed E-state index contributed by atoms with van der Waals surface area (Å²) >= 11 is 0. The second kappa shape index (κ2) is 7.87. The third-order valence-electron chi connectivity index (χ3n) is 5.09. The average Bonchev–Trinajstić information content (AvgIpc) is 2.96. The zero-order valence-electron chi connectivity index (χ0n) is 16.3. The smallest absolute Gasteiger partial charge is 0.253 e. The number of amides is 1. The van der Waals surface area contributed by atoms with E-state index >= 15 is 0 Å². The molecule has 0 unspecified atom stereocenters. The predicted octanol–water partition coefficient (Wildman–Crippen LogP) is 2.46. The van der Waals surface area contributed by atoms with Gasteiger partial charge in [0.05, 0.1) is 16.8 Å². The van der Waals surface area contributed by atoms with E-state index in [4.69, 9.17) is 0 Å². The molecule has 3 aromatic rings. The lowest BCUT2D eigenvalue weighted by Gasteiger charge is -2.22. The van der Waals surface area contributed by atoms with E-state index in [0.717, 1.165) is 29.9 Å². The molecule has 7 nitrogen and oxygen atoms in total. The van der Waals surface area contributed by atoms with Gasteiger partial charge >= 0.3 is 0 Å². The second-order valence-corrected chi connectivity index (χ2v) is 9.62. The van der Waals surface area contributed by atoms with Crippen LogP contribution in [-0.4, -0.2) is 61.6 Å². The summed E-state index contributed by atoms with van der Waals surface area (Å²) in [6.07, 6.45) is 2.06. The number of hydrogen-bond donors (Lipinski definition) is 1. The topological polar surface area (TPSA) is 86.4 Å². The summed E-state index contributed by atoms with van der Waals surface area (Å²) in [5.74, 6) is 0.797. The lowest BCUT2D eigenvalue weighted by molar-refractivity contribution is 0.0767. The Balaban J connectivity index is 1.43. The van der Waals surface area contributed by atoms with E-state index in [2.05, 4.69) is 14.9 Å². The highest BCUT2D eigenvalue weighted by Gasteiger charge is 2.22. The van der Waals surface area contributed by atoms with Crippen molar-refractivity contribution in [2.75, 3.05) is 37.3 Å². The molecule has 0 radical (unpaired) electrons. The molecule has 0 spiro atoms. The van der Waals surface area contributed by atoms with Gasteiger partial charge in [0.15, 0.2) is 9.84 Å². The van der Waals surface area contributed by atoms with Crippen molar-refractivity contribution < 1.29 is 13.2 Å². The fourth-order valence-electron chi connectivity index (χ4n) is 3.65. The average molecular weight is 413 g/mol. The third-order valence-corrected chi connectivity index (χ3v) is 5.95. The molecular formula is C21H24N4O3S. The highest BCUT2D eigenvalue weighted by Crippen LogP contribution is 2.19. The van der Waals surface area contributed by atoms with Crippen LogP contribution in [-0.2, 0) is 15.6 Å². The molecule has 1 aliphatic rings. The van der Waals surface area contributed by atoms with E-state index in [-0.39, 0.29) is 11.7 Å². The number of nitrogens with one attached hydrogen (secondary N) is 1. The number of para-hydroxylation sites is 2. The largest absolute Gasteiger partial charge is 0.341 e. The van der Waals surface area contributed by atoms with E-state index < -0.39 is 9.84 Å². The number of sulfone groups is 1. The number of nitrogens with zero attached hydrogens (tertiary/aromatic N) is 3. The van der Waals surface area contributed by atoms with Gasteiger partial charge in [-0.05, 0) is 36.2 Å². The van der Waals surface area contributed by atoms with Crippen LogP contribution in [0.3, 0.4) is 0 Å². The fourth-order valence-corrected chi connectivity index (χ4v) is 4.45. The number of rotatable bonds is 4. The Kier molecular flexibility index (Phi) is 5.27. The minimum absolute atomic E-state index is 0.0162. The zero-order valence-corrected chi connectivity index (χ0v) is 17.2. The van der Waals surface area contributed by atoms with Crippen molar-refractivity contribution in [1.29, 1.82) is 0 Å². The summed E-state index contributed by atoms with van der Waals surface area (Å²) in [7, 11) is -3.09. The molecule has 1 saturated heterocycles. The minimum atomic E-state index is -3.09. The van der Waals surface area contributed by atoms with Crippen LogP contribution in [0.4, 0.5) is 5.95 Å². The number of imidazole rings is 1. The molecule has 0 atom stereocenters. The number of hydrogen-bond acceptors (Lipinski definition) is 5. The first-order valence-electron chi connectivity index (χ1n) is 9.65. The van der Waals surface area contributed by atoms with Crippen LogP contribution in [0.1, 0.15) is 22.3 Å². The molecule has 1 N–H and O–H groups in total. The van der Waals surface area contributed by atoms with Gasteiger partial charge in [-0.1, -0.05) is 24.3 Å². The Bertz CT molecular complexity index is 1090. The van der Waals surface area contributed by atoms with Crippen molar-refractivity contribution in [3.8, 4) is 0 Å². The first kappa shape index (κ1) is 19.4. The van der Waals surface area contributed by atoms with Crippen molar-refractivity contribution in [1.82, 2.24) is 14.9 Å². The van der Waals surface area contributed by atoms with Gasteiger partial charge in [-0.2, -0.15) is 0 Å². The molecule has 29 heavy (non-hydrogen) atoms. The van der Waals surface area contributed by atoms with Crippen LogP contribution in [0.2, 0.25) is 0 Å². The molecule has 0 bridgehead atoms. The molecule has 1 aromatic heterocycles. The van der Waals surface area contributed by atoms with E-state index in [1.807, 2.05) is 29.2 Å². The van der Waals surface area contributed by atoms with Gasteiger partial charge in [-0.3, -0.25) is 4.79 Å². The van der Waals surface area contributed by atoms with Crippen molar-refractivity contribution in [3.63, 3.8) is 0 Å².